The average molecular weight is 351 g/mol. The Bertz CT molecular complexity index is 486. The first-order chi connectivity index (χ1) is 11.8. The Morgan fingerprint density at radius 1 is 1.21 bits per heavy atom. The van der Waals surface area contributed by atoms with Crippen LogP contribution < -0.4 is 15.5 Å². The number of guanidine groups is 1. The summed E-state index contributed by atoms with van der Waals surface area (Å²) in [7, 11) is 1.73. The van der Waals surface area contributed by atoms with Crippen molar-refractivity contribution in [3.05, 3.63) is 29.8 Å². The molecule has 24 heavy (non-hydrogen) atoms. The highest BCUT2D eigenvalue weighted by atomic mass is 32.2. The third-order valence-electron chi connectivity index (χ3n) is 3.89. The molecule has 0 spiro atoms. The van der Waals surface area contributed by atoms with Crippen LogP contribution in [0.4, 0.5) is 5.69 Å². The van der Waals surface area contributed by atoms with Crippen LogP contribution in [0.5, 0.6) is 0 Å². The van der Waals surface area contributed by atoms with E-state index in [1.54, 1.807) is 7.11 Å². The lowest BCUT2D eigenvalue weighted by Crippen LogP contribution is -2.38. The number of hydrogen-bond donors (Lipinski definition) is 2. The highest BCUT2D eigenvalue weighted by Crippen LogP contribution is 2.20. The number of hydrogen-bond acceptors (Lipinski definition) is 4. The summed E-state index contributed by atoms with van der Waals surface area (Å²) in [6.07, 6.45) is 0.976. The first-order valence-corrected chi connectivity index (χ1v) is 9.91. The van der Waals surface area contributed by atoms with E-state index in [4.69, 9.17) is 4.74 Å². The van der Waals surface area contributed by atoms with Crippen LogP contribution in [0.1, 0.15) is 18.9 Å². The van der Waals surface area contributed by atoms with E-state index in [1.807, 2.05) is 11.8 Å². The van der Waals surface area contributed by atoms with Crippen LogP contribution in [0.25, 0.3) is 0 Å². The Morgan fingerprint density at radius 2 is 1.96 bits per heavy atom. The van der Waals surface area contributed by atoms with Gasteiger partial charge in [-0.15, -0.1) is 0 Å². The van der Waals surface area contributed by atoms with Crippen LogP contribution >= 0.6 is 11.8 Å². The summed E-state index contributed by atoms with van der Waals surface area (Å²) >= 11 is 2.04. The van der Waals surface area contributed by atoms with Crippen molar-refractivity contribution in [3.63, 3.8) is 0 Å². The number of thioether (sulfide) groups is 1. The topological polar surface area (TPSA) is 48.9 Å². The first-order valence-electron chi connectivity index (χ1n) is 8.76. The molecule has 134 valence electrons. The minimum absolute atomic E-state index is 0.690. The van der Waals surface area contributed by atoms with Gasteiger partial charge >= 0.3 is 0 Å². The normalized spacial score (nSPS) is 15.4. The summed E-state index contributed by atoms with van der Waals surface area (Å²) in [5.41, 5.74) is 2.56. The Morgan fingerprint density at radius 3 is 2.62 bits per heavy atom. The first kappa shape index (κ1) is 18.9. The number of nitrogens with one attached hydrogen (secondary N) is 2. The third kappa shape index (κ3) is 6.61. The van der Waals surface area contributed by atoms with Crippen LogP contribution in [0.15, 0.2) is 29.3 Å². The largest absolute Gasteiger partial charge is 0.385 e. The van der Waals surface area contributed by atoms with E-state index in [9.17, 15) is 0 Å². The zero-order valence-electron chi connectivity index (χ0n) is 14.9. The number of ether oxygens (including phenoxy) is 1. The molecule has 5 nitrogen and oxygen atoms in total. The Kier molecular flexibility index (Phi) is 8.84. The van der Waals surface area contributed by atoms with Crippen molar-refractivity contribution >= 4 is 23.4 Å². The molecule has 0 aromatic heterocycles. The number of aliphatic imine (C=N–C) groups is 1. The van der Waals surface area contributed by atoms with Gasteiger partial charge in [-0.05, 0) is 31.0 Å². The van der Waals surface area contributed by atoms with E-state index in [2.05, 4.69) is 51.7 Å². The zero-order valence-corrected chi connectivity index (χ0v) is 15.7. The summed E-state index contributed by atoms with van der Waals surface area (Å²) in [4.78, 5) is 7.12. The highest BCUT2D eigenvalue weighted by Gasteiger charge is 2.10. The van der Waals surface area contributed by atoms with Gasteiger partial charge in [0, 0.05) is 57.1 Å². The third-order valence-corrected chi connectivity index (χ3v) is 4.84. The lowest BCUT2D eigenvalue weighted by molar-refractivity contribution is 0.195. The minimum Gasteiger partial charge on any atom is -0.385 e. The SMILES string of the molecule is CCNC(=NCc1ccc(N2CCSCC2)cc1)NCCCOC. The summed E-state index contributed by atoms with van der Waals surface area (Å²) in [5, 5.41) is 6.62. The van der Waals surface area contributed by atoms with Crippen molar-refractivity contribution in [2.45, 2.75) is 19.9 Å². The smallest absolute Gasteiger partial charge is 0.191 e. The van der Waals surface area contributed by atoms with Gasteiger partial charge in [0.15, 0.2) is 5.96 Å². The number of nitrogens with zero attached hydrogens (tertiary/aromatic N) is 2. The fourth-order valence-corrected chi connectivity index (χ4v) is 3.47. The molecule has 1 aliphatic rings. The lowest BCUT2D eigenvalue weighted by atomic mass is 10.2. The fourth-order valence-electron chi connectivity index (χ4n) is 2.57. The molecule has 1 aromatic carbocycles. The fraction of sp³-hybridized carbons (Fsp3) is 0.611. The Labute approximate surface area is 150 Å². The number of rotatable bonds is 8. The van der Waals surface area contributed by atoms with Gasteiger partial charge in [0.05, 0.1) is 6.54 Å². The monoisotopic (exact) mass is 350 g/mol. The van der Waals surface area contributed by atoms with Crippen LogP contribution in [0.2, 0.25) is 0 Å². The average Bonchev–Trinajstić information content (AvgIpc) is 2.64. The van der Waals surface area contributed by atoms with E-state index in [0.29, 0.717) is 6.54 Å². The van der Waals surface area contributed by atoms with Crippen molar-refractivity contribution < 1.29 is 4.74 Å². The maximum absolute atomic E-state index is 5.07. The molecule has 1 aliphatic heterocycles. The van der Waals surface area contributed by atoms with E-state index in [1.165, 1.54) is 22.8 Å². The minimum atomic E-state index is 0.690. The molecule has 1 heterocycles. The van der Waals surface area contributed by atoms with Crippen molar-refractivity contribution in [2.24, 2.45) is 4.99 Å². The molecule has 1 saturated heterocycles. The standard InChI is InChI=1S/C18H30N4OS/c1-3-19-18(20-9-4-12-23-2)21-15-16-5-7-17(8-6-16)22-10-13-24-14-11-22/h5-8H,3-4,9-15H2,1-2H3,(H2,19,20,21). The number of benzene rings is 1. The molecule has 1 fully saturated rings. The molecule has 0 unspecified atom stereocenters. The summed E-state index contributed by atoms with van der Waals surface area (Å²) in [6, 6.07) is 8.82. The van der Waals surface area contributed by atoms with Crippen LogP contribution in [0, 0.1) is 0 Å². The molecule has 0 radical (unpaired) electrons. The maximum Gasteiger partial charge on any atom is 0.191 e. The Balaban J connectivity index is 1.85. The van der Waals surface area contributed by atoms with E-state index < -0.39 is 0 Å². The predicted molar refractivity (Wildman–Crippen MR) is 105 cm³/mol. The van der Waals surface area contributed by atoms with Crippen molar-refractivity contribution in [2.75, 3.05) is 56.3 Å². The Hall–Kier alpha value is -1.40. The van der Waals surface area contributed by atoms with Crippen LogP contribution in [0.3, 0.4) is 0 Å². The van der Waals surface area contributed by atoms with Gasteiger partial charge in [0.25, 0.3) is 0 Å². The second-order valence-electron chi connectivity index (χ2n) is 5.73. The van der Waals surface area contributed by atoms with Crippen LogP contribution in [-0.4, -0.2) is 57.4 Å². The van der Waals surface area contributed by atoms with Crippen molar-refractivity contribution in [1.82, 2.24) is 10.6 Å². The molecule has 0 amide bonds. The summed E-state index contributed by atoms with van der Waals surface area (Å²) in [6.45, 7) is 7.57. The molecule has 2 rings (SSSR count). The molecular weight excluding hydrogens is 320 g/mol. The summed E-state index contributed by atoms with van der Waals surface area (Å²) < 4.78 is 5.07. The van der Waals surface area contributed by atoms with Gasteiger partial charge in [-0.3, -0.25) is 0 Å². The second kappa shape index (κ2) is 11.2. The van der Waals surface area contributed by atoms with Gasteiger partial charge in [-0.1, -0.05) is 12.1 Å². The molecular formula is C18H30N4OS. The van der Waals surface area contributed by atoms with Gasteiger partial charge in [-0.25, -0.2) is 4.99 Å². The maximum atomic E-state index is 5.07. The predicted octanol–water partition coefficient (Wildman–Crippen LogP) is 2.33. The van der Waals surface area contributed by atoms with Crippen LogP contribution in [-0.2, 0) is 11.3 Å². The number of anilines is 1. The van der Waals surface area contributed by atoms with Crippen molar-refractivity contribution in [1.29, 1.82) is 0 Å². The lowest BCUT2D eigenvalue weighted by Gasteiger charge is -2.28. The van der Waals surface area contributed by atoms with Gasteiger partial charge in [0.1, 0.15) is 0 Å². The molecule has 0 atom stereocenters. The molecule has 0 bridgehead atoms. The van der Waals surface area contributed by atoms with E-state index in [0.717, 1.165) is 45.2 Å². The van der Waals surface area contributed by atoms with Gasteiger partial charge in [0.2, 0.25) is 0 Å². The highest BCUT2D eigenvalue weighted by molar-refractivity contribution is 7.99. The van der Waals surface area contributed by atoms with Gasteiger partial charge < -0.3 is 20.3 Å². The van der Waals surface area contributed by atoms with E-state index in [-0.39, 0.29) is 0 Å². The molecule has 2 N–H and O–H groups in total. The molecule has 6 heteroatoms. The quantitative estimate of drug-likeness (QED) is 0.428. The van der Waals surface area contributed by atoms with Crippen molar-refractivity contribution in [3.8, 4) is 0 Å². The molecule has 1 aromatic rings. The van der Waals surface area contributed by atoms with E-state index >= 15 is 0 Å². The summed E-state index contributed by atoms with van der Waals surface area (Å²) in [5.74, 6) is 3.32. The zero-order chi connectivity index (χ0) is 17.0. The number of methoxy groups -OCH3 is 1. The second-order valence-corrected chi connectivity index (χ2v) is 6.96. The molecule has 0 saturated carbocycles. The van der Waals surface area contributed by atoms with Gasteiger partial charge in [-0.2, -0.15) is 11.8 Å². The molecule has 0 aliphatic carbocycles.